The van der Waals surface area contributed by atoms with E-state index in [2.05, 4.69) is 0 Å². The first-order chi connectivity index (χ1) is 11.7. The normalized spacial score (nSPS) is 36.3. The molecule has 1 aromatic rings. The standard InChI is InChI=1S/C18H26O6/c19-10-13-6-7-15(23-13)18-17(21)16(20)14(24-18)8-9-22-11-12-4-2-1-3-5-12/h1-5,13-21H,6-11H2/t13-,14+,15-,16-,17+,18+/m0/s1. The summed E-state index contributed by atoms with van der Waals surface area (Å²) < 4.78 is 17.1. The zero-order chi connectivity index (χ0) is 16.9. The summed E-state index contributed by atoms with van der Waals surface area (Å²) in [6.07, 6.45) is -1.41. The first-order valence-electron chi connectivity index (χ1n) is 8.58. The Kier molecular flexibility index (Phi) is 6.21. The zero-order valence-electron chi connectivity index (χ0n) is 13.7. The van der Waals surface area contributed by atoms with E-state index in [4.69, 9.17) is 19.3 Å². The van der Waals surface area contributed by atoms with E-state index in [0.29, 0.717) is 19.6 Å². The highest BCUT2D eigenvalue weighted by Crippen LogP contribution is 2.32. The third kappa shape index (κ3) is 4.14. The fourth-order valence-corrected chi connectivity index (χ4v) is 3.40. The highest BCUT2D eigenvalue weighted by molar-refractivity contribution is 5.13. The summed E-state index contributed by atoms with van der Waals surface area (Å²) in [5.41, 5.74) is 1.10. The fourth-order valence-electron chi connectivity index (χ4n) is 3.40. The quantitative estimate of drug-likeness (QED) is 0.632. The number of hydrogen-bond acceptors (Lipinski definition) is 6. The molecule has 0 unspecified atom stereocenters. The van der Waals surface area contributed by atoms with Gasteiger partial charge in [0.25, 0.3) is 0 Å². The maximum absolute atomic E-state index is 10.2. The smallest absolute Gasteiger partial charge is 0.113 e. The number of aliphatic hydroxyl groups is 3. The predicted molar refractivity (Wildman–Crippen MR) is 86.4 cm³/mol. The summed E-state index contributed by atoms with van der Waals surface area (Å²) in [6.45, 7) is 0.930. The van der Waals surface area contributed by atoms with Gasteiger partial charge in [-0.3, -0.25) is 0 Å². The first kappa shape index (κ1) is 17.8. The maximum atomic E-state index is 10.2. The van der Waals surface area contributed by atoms with Gasteiger partial charge in [0.05, 0.1) is 31.5 Å². The van der Waals surface area contributed by atoms with Crippen LogP contribution in [-0.2, 0) is 20.8 Å². The minimum absolute atomic E-state index is 0.0291. The zero-order valence-corrected chi connectivity index (χ0v) is 13.7. The summed E-state index contributed by atoms with van der Waals surface area (Å²) in [5.74, 6) is 0. The highest BCUT2D eigenvalue weighted by Gasteiger charge is 2.48. The molecule has 0 aromatic heterocycles. The molecule has 0 saturated carbocycles. The minimum atomic E-state index is -0.966. The van der Waals surface area contributed by atoms with Crippen molar-refractivity contribution in [3.8, 4) is 0 Å². The molecule has 6 atom stereocenters. The molecule has 2 heterocycles. The largest absolute Gasteiger partial charge is 0.394 e. The molecule has 2 aliphatic heterocycles. The Balaban J connectivity index is 1.43. The summed E-state index contributed by atoms with van der Waals surface area (Å²) in [7, 11) is 0. The van der Waals surface area contributed by atoms with Gasteiger partial charge in [-0.1, -0.05) is 30.3 Å². The van der Waals surface area contributed by atoms with Crippen LogP contribution in [0.1, 0.15) is 24.8 Å². The maximum Gasteiger partial charge on any atom is 0.113 e. The van der Waals surface area contributed by atoms with E-state index in [1.165, 1.54) is 0 Å². The summed E-state index contributed by atoms with van der Waals surface area (Å²) >= 11 is 0. The Morgan fingerprint density at radius 2 is 1.83 bits per heavy atom. The van der Waals surface area contributed by atoms with E-state index < -0.39 is 24.4 Å². The van der Waals surface area contributed by atoms with Gasteiger partial charge in [-0.05, 0) is 24.8 Å². The lowest BCUT2D eigenvalue weighted by Gasteiger charge is -2.22. The second kappa shape index (κ2) is 8.38. The average Bonchev–Trinajstić information content (AvgIpc) is 3.19. The molecule has 2 saturated heterocycles. The summed E-state index contributed by atoms with van der Waals surface area (Å²) in [6, 6.07) is 9.88. The van der Waals surface area contributed by atoms with E-state index in [9.17, 15) is 10.2 Å². The molecular formula is C18H26O6. The Labute approximate surface area is 142 Å². The summed E-state index contributed by atoms with van der Waals surface area (Å²) in [5, 5.41) is 29.6. The van der Waals surface area contributed by atoms with Gasteiger partial charge in [0.2, 0.25) is 0 Å². The minimum Gasteiger partial charge on any atom is -0.394 e. The van der Waals surface area contributed by atoms with E-state index >= 15 is 0 Å². The number of ether oxygens (including phenoxy) is 3. The molecule has 134 valence electrons. The van der Waals surface area contributed by atoms with Crippen molar-refractivity contribution >= 4 is 0 Å². The molecule has 0 aliphatic carbocycles. The second-order valence-corrected chi connectivity index (χ2v) is 6.50. The van der Waals surface area contributed by atoms with E-state index in [1.807, 2.05) is 30.3 Å². The van der Waals surface area contributed by atoms with Crippen LogP contribution in [0.5, 0.6) is 0 Å². The van der Waals surface area contributed by atoms with Crippen LogP contribution in [-0.4, -0.2) is 65.2 Å². The molecule has 24 heavy (non-hydrogen) atoms. The van der Waals surface area contributed by atoms with Crippen molar-refractivity contribution in [2.75, 3.05) is 13.2 Å². The van der Waals surface area contributed by atoms with Crippen LogP contribution >= 0.6 is 0 Å². The Morgan fingerprint density at radius 1 is 1.04 bits per heavy atom. The monoisotopic (exact) mass is 338 g/mol. The Hall–Kier alpha value is -1.02. The van der Waals surface area contributed by atoms with Gasteiger partial charge in [-0.25, -0.2) is 0 Å². The molecule has 2 aliphatic rings. The van der Waals surface area contributed by atoms with Crippen LogP contribution in [0, 0.1) is 0 Å². The average molecular weight is 338 g/mol. The second-order valence-electron chi connectivity index (χ2n) is 6.50. The number of benzene rings is 1. The van der Waals surface area contributed by atoms with Crippen LogP contribution in [0.3, 0.4) is 0 Å². The van der Waals surface area contributed by atoms with Gasteiger partial charge in [0.1, 0.15) is 18.3 Å². The lowest BCUT2D eigenvalue weighted by Crippen LogP contribution is -2.39. The van der Waals surface area contributed by atoms with Crippen molar-refractivity contribution in [1.82, 2.24) is 0 Å². The molecular weight excluding hydrogens is 312 g/mol. The lowest BCUT2D eigenvalue weighted by molar-refractivity contribution is -0.0991. The van der Waals surface area contributed by atoms with Crippen molar-refractivity contribution in [2.24, 2.45) is 0 Å². The molecule has 0 radical (unpaired) electrons. The van der Waals surface area contributed by atoms with E-state index in [1.54, 1.807) is 0 Å². The molecule has 2 fully saturated rings. The molecule has 6 nitrogen and oxygen atoms in total. The SMILES string of the molecule is OC[C@@H]1CC[C@@H]([C@H]2O[C@H](CCOCc3ccccc3)[C@H](O)[C@H]2O)O1. The van der Waals surface area contributed by atoms with Crippen molar-refractivity contribution in [2.45, 2.75) is 62.5 Å². The third-order valence-electron chi connectivity index (χ3n) is 4.77. The first-order valence-corrected chi connectivity index (χ1v) is 8.58. The van der Waals surface area contributed by atoms with Crippen LogP contribution < -0.4 is 0 Å². The van der Waals surface area contributed by atoms with Gasteiger partial charge in [-0.15, -0.1) is 0 Å². The summed E-state index contributed by atoms with van der Waals surface area (Å²) in [4.78, 5) is 0. The molecule has 6 heteroatoms. The Bertz CT molecular complexity index is 496. The fraction of sp³-hybridized carbons (Fsp3) is 0.667. The number of hydrogen-bond donors (Lipinski definition) is 3. The van der Waals surface area contributed by atoms with Crippen molar-refractivity contribution in [3.05, 3.63) is 35.9 Å². The molecule has 0 bridgehead atoms. The van der Waals surface area contributed by atoms with Crippen molar-refractivity contribution < 1.29 is 29.5 Å². The Morgan fingerprint density at radius 3 is 2.54 bits per heavy atom. The molecule has 3 rings (SSSR count). The van der Waals surface area contributed by atoms with Crippen molar-refractivity contribution in [3.63, 3.8) is 0 Å². The number of aliphatic hydroxyl groups excluding tert-OH is 3. The molecule has 1 aromatic carbocycles. The van der Waals surface area contributed by atoms with Crippen LogP contribution in [0.4, 0.5) is 0 Å². The van der Waals surface area contributed by atoms with Gasteiger partial charge in [0, 0.05) is 6.61 Å². The molecule has 0 amide bonds. The number of rotatable bonds is 7. The van der Waals surface area contributed by atoms with Gasteiger partial charge >= 0.3 is 0 Å². The molecule has 0 spiro atoms. The van der Waals surface area contributed by atoms with Gasteiger partial charge in [0.15, 0.2) is 0 Å². The van der Waals surface area contributed by atoms with Crippen LogP contribution in [0.2, 0.25) is 0 Å². The van der Waals surface area contributed by atoms with Crippen LogP contribution in [0.25, 0.3) is 0 Å². The third-order valence-corrected chi connectivity index (χ3v) is 4.77. The van der Waals surface area contributed by atoms with Gasteiger partial charge in [-0.2, -0.15) is 0 Å². The lowest BCUT2D eigenvalue weighted by atomic mass is 10.0. The highest BCUT2D eigenvalue weighted by atomic mass is 16.6. The van der Waals surface area contributed by atoms with E-state index in [0.717, 1.165) is 18.4 Å². The predicted octanol–water partition coefficient (Wildman–Crippen LogP) is 0.622. The topological polar surface area (TPSA) is 88.4 Å². The van der Waals surface area contributed by atoms with Crippen molar-refractivity contribution in [1.29, 1.82) is 0 Å². The van der Waals surface area contributed by atoms with E-state index in [-0.39, 0.29) is 18.8 Å². The van der Waals surface area contributed by atoms with Gasteiger partial charge < -0.3 is 29.5 Å². The van der Waals surface area contributed by atoms with Crippen LogP contribution in [0.15, 0.2) is 30.3 Å². The molecule has 3 N–H and O–H groups in total.